The Labute approximate surface area is 186 Å². The van der Waals surface area contributed by atoms with E-state index in [1.165, 1.54) is 12.1 Å². The van der Waals surface area contributed by atoms with E-state index in [9.17, 15) is 14.9 Å². The Hall–Kier alpha value is -4.23. The van der Waals surface area contributed by atoms with Crippen LogP contribution in [0.15, 0.2) is 83.3 Å². The Balaban J connectivity index is 1.46. The zero-order valence-corrected chi connectivity index (χ0v) is 17.2. The fourth-order valence-corrected chi connectivity index (χ4v) is 3.78. The number of oxazole rings is 1. The molecular formula is C24H14ClN3O4. The number of amides is 1. The van der Waals surface area contributed by atoms with Crippen LogP contribution in [-0.2, 0) is 0 Å². The molecule has 0 saturated heterocycles. The van der Waals surface area contributed by atoms with Crippen molar-refractivity contribution in [2.24, 2.45) is 0 Å². The largest absolute Gasteiger partial charge is 0.436 e. The lowest BCUT2D eigenvalue weighted by molar-refractivity contribution is -0.384. The summed E-state index contributed by atoms with van der Waals surface area (Å²) < 4.78 is 5.95. The first-order valence-electron chi connectivity index (χ1n) is 9.63. The summed E-state index contributed by atoms with van der Waals surface area (Å²) in [5.41, 5.74) is 2.59. The van der Waals surface area contributed by atoms with Crippen molar-refractivity contribution in [3.63, 3.8) is 0 Å². The molecule has 1 heterocycles. The molecule has 7 nitrogen and oxygen atoms in total. The third-order valence-corrected chi connectivity index (χ3v) is 5.37. The molecule has 32 heavy (non-hydrogen) atoms. The lowest BCUT2D eigenvalue weighted by Crippen LogP contribution is -2.12. The van der Waals surface area contributed by atoms with Crippen molar-refractivity contribution in [2.45, 2.75) is 0 Å². The van der Waals surface area contributed by atoms with Crippen molar-refractivity contribution in [2.75, 3.05) is 5.32 Å². The van der Waals surface area contributed by atoms with Crippen molar-refractivity contribution >= 4 is 50.8 Å². The van der Waals surface area contributed by atoms with Gasteiger partial charge in [-0.3, -0.25) is 14.9 Å². The van der Waals surface area contributed by atoms with E-state index in [0.717, 1.165) is 22.4 Å². The third-order valence-electron chi connectivity index (χ3n) is 5.06. The van der Waals surface area contributed by atoms with Crippen LogP contribution in [0.2, 0.25) is 5.02 Å². The van der Waals surface area contributed by atoms with Gasteiger partial charge in [-0.15, -0.1) is 0 Å². The van der Waals surface area contributed by atoms with Gasteiger partial charge in [0.25, 0.3) is 11.6 Å². The summed E-state index contributed by atoms with van der Waals surface area (Å²) in [4.78, 5) is 27.6. The molecule has 5 rings (SSSR count). The molecule has 0 unspecified atom stereocenters. The highest BCUT2D eigenvalue weighted by Crippen LogP contribution is 2.31. The number of nitrogens with one attached hydrogen (secondary N) is 1. The minimum absolute atomic E-state index is 0.00122. The summed E-state index contributed by atoms with van der Waals surface area (Å²) >= 11 is 6.06. The van der Waals surface area contributed by atoms with Crippen molar-refractivity contribution in [1.82, 2.24) is 4.98 Å². The number of carbonyl (C=O) groups is 1. The number of halogens is 1. The van der Waals surface area contributed by atoms with Crippen LogP contribution in [0.3, 0.4) is 0 Å². The van der Waals surface area contributed by atoms with E-state index in [0.29, 0.717) is 22.7 Å². The summed E-state index contributed by atoms with van der Waals surface area (Å²) in [6.07, 6.45) is 0. The van der Waals surface area contributed by atoms with E-state index < -0.39 is 10.8 Å². The molecule has 156 valence electrons. The number of non-ortho nitro benzene ring substituents is 1. The van der Waals surface area contributed by atoms with E-state index >= 15 is 0 Å². The van der Waals surface area contributed by atoms with Crippen molar-refractivity contribution in [3.05, 3.63) is 99.6 Å². The Morgan fingerprint density at radius 2 is 1.84 bits per heavy atom. The predicted octanol–water partition coefficient (Wildman–Crippen LogP) is 6.46. The number of hydrogen-bond donors (Lipinski definition) is 1. The number of aromatic nitrogens is 1. The molecule has 0 fully saturated rings. The van der Waals surface area contributed by atoms with Crippen LogP contribution in [-0.4, -0.2) is 15.8 Å². The number of benzene rings is 4. The molecule has 0 saturated carbocycles. The fourth-order valence-electron chi connectivity index (χ4n) is 3.51. The number of rotatable bonds is 4. The number of hydrogen-bond acceptors (Lipinski definition) is 5. The van der Waals surface area contributed by atoms with Gasteiger partial charge >= 0.3 is 0 Å². The second-order valence-corrected chi connectivity index (χ2v) is 7.52. The summed E-state index contributed by atoms with van der Waals surface area (Å²) in [6, 6.07) is 22.6. The standard InChI is InChI=1S/C24H14ClN3O4/c25-20-13-17(28(30)31)9-10-19(20)23(29)26-16-6-3-5-15(12-16)24-27-22-18-7-2-1-4-14(18)8-11-21(22)32-24/h1-13H,(H,26,29). The molecule has 0 aliphatic carbocycles. The number of anilines is 1. The van der Waals surface area contributed by atoms with Crippen LogP contribution in [0.5, 0.6) is 0 Å². The van der Waals surface area contributed by atoms with Gasteiger partial charge in [-0.25, -0.2) is 4.98 Å². The molecule has 1 amide bonds. The summed E-state index contributed by atoms with van der Waals surface area (Å²) in [5.74, 6) is -0.0496. The van der Waals surface area contributed by atoms with Crippen LogP contribution in [0.25, 0.3) is 33.3 Å². The van der Waals surface area contributed by atoms with E-state index in [-0.39, 0.29) is 16.3 Å². The van der Waals surface area contributed by atoms with Crippen LogP contribution >= 0.6 is 11.6 Å². The fraction of sp³-hybridized carbons (Fsp3) is 0. The highest BCUT2D eigenvalue weighted by Gasteiger charge is 2.16. The number of nitrogens with zero attached hydrogens (tertiary/aromatic N) is 2. The number of fused-ring (bicyclic) bond motifs is 3. The summed E-state index contributed by atoms with van der Waals surface area (Å²) in [5, 5.41) is 15.7. The molecular weight excluding hydrogens is 430 g/mol. The number of carbonyl (C=O) groups excluding carboxylic acids is 1. The SMILES string of the molecule is O=C(Nc1cccc(-c2nc3c(ccc4ccccc43)o2)c1)c1ccc([N+](=O)[O-])cc1Cl. The number of nitro groups is 1. The van der Waals surface area contributed by atoms with Crippen molar-refractivity contribution in [1.29, 1.82) is 0 Å². The Bertz CT molecular complexity index is 1530. The average molecular weight is 444 g/mol. The molecule has 1 aromatic heterocycles. The molecule has 0 aliphatic rings. The quantitative estimate of drug-likeness (QED) is 0.254. The smallest absolute Gasteiger partial charge is 0.270 e. The van der Waals surface area contributed by atoms with E-state index in [2.05, 4.69) is 10.3 Å². The topological polar surface area (TPSA) is 98.3 Å². The lowest BCUT2D eigenvalue weighted by atomic mass is 10.1. The minimum Gasteiger partial charge on any atom is -0.436 e. The van der Waals surface area contributed by atoms with Crippen LogP contribution < -0.4 is 5.32 Å². The van der Waals surface area contributed by atoms with Gasteiger partial charge in [-0.2, -0.15) is 0 Å². The minimum atomic E-state index is -0.569. The van der Waals surface area contributed by atoms with Crippen molar-refractivity contribution in [3.8, 4) is 11.5 Å². The van der Waals surface area contributed by atoms with Crippen LogP contribution in [0.1, 0.15) is 10.4 Å². The zero-order chi connectivity index (χ0) is 22.2. The van der Waals surface area contributed by atoms with E-state index in [1.54, 1.807) is 18.2 Å². The highest BCUT2D eigenvalue weighted by atomic mass is 35.5. The molecule has 4 aromatic carbocycles. The Morgan fingerprint density at radius 3 is 2.66 bits per heavy atom. The molecule has 0 spiro atoms. The van der Waals surface area contributed by atoms with Gasteiger partial charge in [0.05, 0.1) is 15.5 Å². The summed E-state index contributed by atoms with van der Waals surface area (Å²) in [6.45, 7) is 0. The third kappa shape index (κ3) is 3.55. The monoisotopic (exact) mass is 443 g/mol. The van der Waals surface area contributed by atoms with E-state index in [4.69, 9.17) is 16.0 Å². The average Bonchev–Trinajstić information content (AvgIpc) is 3.24. The van der Waals surface area contributed by atoms with E-state index in [1.807, 2.05) is 42.5 Å². The highest BCUT2D eigenvalue weighted by molar-refractivity contribution is 6.34. The first-order valence-corrected chi connectivity index (χ1v) is 10.0. The second-order valence-electron chi connectivity index (χ2n) is 7.11. The Kier molecular flexibility index (Phi) is 4.80. The predicted molar refractivity (Wildman–Crippen MR) is 123 cm³/mol. The van der Waals surface area contributed by atoms with Gasteiger partial charge in [0, 0.05) is 28.8 Å². The first-order chi connectivity index (χ1) is 15.5. The number of nitro benzene ring substituents is 1. The molecule has 1 N–H and O–H groups in total. The maximum absolute atomic E-state index is 12.6. The maximum Gasteiger partial charge on any atom is 0.270 e. The van der Waals surface area contributed by atoms with Gasteiger partial charge < -0.3 is 9.73 Å². The van der Waals surface area contributed by atoms with Gasteiger partial charge in [0.15, 0.2) is 5.58 Å². The molecule has 0 bridgehead atoms. The second kappa shape index (κ2) is 7.79. The summed E-state index contributed by atoms with van der Waals surface area (Å²) in [7, 11) is 0. The lowest BCUT2D eigenvalue weighted by Gasteiger charge is -2.07. The van der Waals surface area contributed by atoms with Crippen LogP contribution in [0, 0.1) is 10.1 Å². The van der Waals surface area contributed by atoms with Gasteiger partial charge in [0.2, 0.25) is 5.89 Å². The maximum atomic E-state index is 12.6. The normalized spacial score (nSPS) is 11.0. The molecule has 8 heteroatoms. The zero-order valence-electron chi connectivity index (χ0n) is 16.4. The Morgan fingerprint density at radius 1 is 1.00 bits per heavy atom. The van der Waals surface area contributed by atoms with Crippen molar-refractivity contribution < 1.29 is 14.1 Å². The molecule has 0 radical (unpaired) electrons. The molecule has 0 atom stereocenters. The van der Waals surface area contributed by atoms with Gasteiger partial charge in [-0.1, -0.05) is 48.0 Å². The van der Waals surface area contributed by atoms with Gasteiger partial charge in [-0.05, 0) is 35.7 Å². The molecule has 0 aliphatic heterocycles. The molecule has 5 aromatic rings. The van der Waals surface area contributed by atoms with Gasteiger partial charge in [0.1, 0.15) is 5.52 Å². The first kappa shape index (κ1) is 19.7. The van der Waals surface area contributed by atoms with Crippen LogP contribution in [0.4, 0.5) is 11.4 Å².